The molecule has 4 aliphatic rings. The quantitative estimate of drug-likeness (QED) is 0.329. The number of aryl methyl sites for hydroxylation is 1. The van der Waals surface area contributed by atoms with Gasteiger partial charge in [0.2, 0.25) is 0 Å². The van der Waals surface area contributed by atoms with Gasteiger partial charge < -0.3 is 29.3 Å². The summed E-state index contributed by atoms with van der Waals surface area (Å²) in [6.07, 6.45) is 6.75. The number of amides is 1. The molecule has 3 aromatic rings. The molecule has 1 amide bonds. The molecule has 47 heavy (non-hydrogen) atoms. The summed E-state index contributed by atoms with van der Waals surface area (Å²) in [5, 5.41) is 15.7. The molecule has 0 bridgehead atoms. The second kappa shape index (κ2) is 11.9. The summed E-state index contributed by atoms with van der Waals surface area (Å²) in [7, 11) is 1.76. The zero-order valence-electron chi connectivity index (χ0n) is 29.0. The molecule has 2 aromatic heterocycles. The molecule has 11 nitrogen and oxygen atoms in total. The summed E-state index contributed by atoms with van der Waals surface area (Å²) >= 11 is 7.31. The average Bonchev–Trinajstić information content (AvgIpc) is 3.53. The van der Waals surface area contributed by atoms with Crippen molar-refractivity contribution < 1.29 is 19.0 Å². The highest BCUT2D eigenvalue weighted by Gasteiger charge is 2.56. The lowest BCUT2D eigenvalue weighted by atomic mass is 9.61. The van der Waals surface area contributed by atoms with E-state index in [1.54, 1.807) is 7.11 Å². The van der Waals surface area contributed by atoms with Crippen LogP contribution >= 0.6 is 11.6 Å². The number of aromatic nitrogens is 4. The van der Waals surface area contributed by atoms with Crippen LogP contribution in [0.1, 0.15) is 83.3 Å². The highest BCUT2D eigenvalue weighted by molar-refractivity contribution is 6.36. The number of carbonyl (C=O) groups is 1. The predicted molar refractivity (Wildman–Crippen MR) is 183 cm³/mol. The van der Waals surface area contributed by atoms with E-state index in [9.17, 15) is 4.79 Å². The number of halogens is 1. The van der Waals surface area contributed by atoms with Gasteiger partial charge in [0.15, 0.2) is 12.0 Å². The van der Waals surface area contributed by atoms with Crippen molar-refractivity contribution in [3.8, 4) is 11.1 Å². The first-order valence-electron chi connectivity index (χ1n) is 17.2. The van der Waals surface area contributed by atoms with Crippen molar-refractivity contribution in [3.05, 3.63) is 28.5 Å². The van der Waals surface area contributed by atoms with Crippen LogP contribution in [0.15, 0.2) is 12.3 Å². The van der Waals surface area contributed by atoms with E-state index in [4.69, 9.17) is 36.0 Å². The number of methoxy groups -OCH3 is 1. The lowest BCUT2D eigenvalue weighted by Crippen LogP contribution is -2.64. The Morgan fingerprint density at radius 2 is 1.94 bits per heavy atom. The molecule has 4 fully saturated rings. The van der Waals surface area contributed by atoms with Crippen LogP contribution in [-0.2, 0) is 14.2 Å². The van der Waals surface area contributed by atoms with Crippen molar-refractivity contribution in [2.45, 2.75) is 97.1 Å². The second-order valence-electron chi connectivity index (χ2n) is 15.6. The van der Waals surface area contributed by atoms with Gasteiger partial charge in [0, 0.05) is 74.1 Å². The maximum atomic E-state index is 12.7. The Morgan fingerprint density at radius 1 is 1.17 bits per heavy atom. The molecule has 1 unspecified atom stereocenters. The molecule has 3 aliphatic heterocycles. The van der Waals surface area contributed by atoms with E-state index in [1.807, 2.05) is 36.5 Å². The Morgan fingerprint density at radius 3 is 2.62 bits per heavy atom. The van der Waals surface area contributed by atoms with Crippen molar-refractivity contribution >= 4 is 34.4 Å². The molecule has 1 N–H and O–H groups in total. The number of carbonyl (C=O) groups excluding carboxylic acids is 1. The molecular weight excluding hydrogens is 618 g/mol. The topological polar surface area (TPSA) is 98.9 Å². The first-order valence-corrected chi connectivity index (χ1v) is 17.5. The number of rotatable bonds is 6. The third-order valence-corrected chi connectivity index (χ3v) is 11.1. The first kappa shape index (κ1) is 32.7. The minimum Gasteiger partial charge on any atom is -0.444 e. The lowest BCUT2D eigenvalue weighted by Gasteiger charge is -2.58. The fourth-order valence-electron chi connectivity index (χ4n) is 8.33. The number of piperazine rings is 1. The SMILES string of the molecule is COC[C@]1(C)CNCCN1c1nn(C2CC3(C2)CN(C(=O)OC(C)(C)C)C3)c(C)c1-c1c(Cl)c(C)cc2c1cnn2C1CCCCO1. The first-order chi connectivity index (χ1) is 22.3. The molecule has 1 spiro atoms. The van der Waals surface area contributed by atoms with E-state index in [2.05, 4.69) is 41.7 Å². The van der Waals surface area contributed by atoms with Gasteiger partial charge in [-0.1, -0.05) is 11.6 Å². The highest BCUT2D eigenvalue weighted by Crippen LogP contribution is 2.56. The lowest BCUT2D eigenvalue weighted by molar-refractivity contribution is -0.0930. The largest absolute Gasteiger partial charge is 0.444 e. The molecule has 1 aromatic carbocycles. The zero-order chi connectivity index (χ0) is 33.3. The second-order valence-corrected chi connectivity index (χ2v) is 16.0. The van der Waals surface area contributed by atoms with Crippen molar-refractivity contribution in [1.29, 1.82) is 0 Å². The summed E-state index contributed by atoms with van der Waals surface area (Å²) in [5.74, 6) is 0.934. The monoisotopic (exact) mass is 667 g/mol. The van der Waals surface area contributed by atoms with Crippen LogP contribution in [0.2, 0.25) is 5.02 Å². The van der Waals surface area contributed by atoms with E-state index in [0.29, 0.717) is 6.61 Å². The van der Waals surface area contributed by atoms with E-state index in [1.165, 1.54) is 0 Å². The Hall–Kier alpha value is -2.86. The van der Waals surface area contributed by atoms with Crippen molar-refractivity contribution in [2.75, 3.05) is 57.9 Å². The average molecular weight is 668 g/mol. The minimum absolute atomic E-state index is 0.0787. The molecule has 7 rings (SSSR count). The number of nitrogens with one attached hydrogen (secondary N) is 1. The zero-order valence-corrected chi connectivity index (χ0v) is 29.7. The number of nitrogens with zero attached hydrogens (tertiary/aromatic N) is 6. The van der Waals surface area contributed by atoms with Crippen LogP contribution in [0.4, 0.5) is 10.6 Å². The molecule has 5 heterocycles. The van der Waals surface area contributed by atoms with Gasteiger partial charge in [0.1, 0.15) is 5.60 Å². The molecule has 12 heteroatoms. The van der Waals surface area contributed by atoms with Crippen LogP contribution in [-0.4, -0.2) is 94.7 Å². The Labute approximate surface area is 282 Å². The van der Waals surface area contributed by atoms with Gasteiger partial charge in [0.05, 0.1) is 34.9 Å². The fourth-order valence-corrected chi connectivity index (χ4v) is 8.58. The number of ether oxygens (including phenoxy) is 3. The Bertz CT molecular complexity index is 1650. The van der Waals surface area contributed by atoms with Crippen molar-refractivity contribution in [2.24, 2.45) is 5.41 Å². The maximum Gasteiger partial charge on any atom is 0.410 e. The van der Waals surface area contributed by atoms with Crippen LogP contribution in [0.25, 0.3) is 22.0 Å². The van der Waals surface area contributed by atoms with E-state index < -0.39 is 5.60 Å². The summed E-state index contributed by atoms with van der Waals surface area (Å²) in [4.78, 5) is 16.9. The van der Waals surface area contributed by atoms with Crippen LogP contribution < -0.4 is 10.2 Å². The summed E-state index contributed by atoms with van der Waals surface area (Å²) in [6.45, 7) is 17.4. The van der Waals surface area contributed by atoms with E-state index in [0.717, 1.165) is 116 Å². The third kappa shape index (κ3) is 5.70. The molecule has 1 saturated carbocycles. The Kier molecular flexibility index (Phi) is 8.29. The number of hydrogen-bond acceptors (Lipinski definition) is 8. The third-order valence-electron chi connectivity index (χ3n) is 10.6. The number of benzene rings is 1. The van der Waals surface area contributed by atoms with Crippen molar-refractivity contribution in [1.82, 2.24) is 29.8 Å². The van der Waals surface area contributed by atoms with Crippen LogP contribution in [0.3, 0.4) is 0 Å². The standard InChI is InChI=1S/C35H50ClN7O4/c1-22-14-26-25(17-38-43(26)27-10-8-9-13-46-27)29(30(22)36)28-23(2)42(39-31(28)41-12-11-37-18-34(41,6)21-45-7)24-15-35(16-24)19-40(20-35)32(44)47-33(3,4)5/h14,17,24,27,37H,8-13,15-16,18-21H2,1-7H3/t27?,34-/m0/s1. The minimum atomic E-state index is -0.495. The van der Waals surface area contributed by atoms with Gasteiger partial charge in [-0.25, -0.2) is 9.48 Å². The van der Waals surface area contributed by atoms with E-state index >= 15 is 0 Å². The number of likely N-dealkylation sites (tertiary alicyclic amines) is 1. The molecule has 3 saturated heterocycles. The molecule has 0 radical (unpaired) electrons. The molecule has 2 atom stereocenters. The number of fused-ring (bicyclic) bond motifs is 1. The van der Waals surface area contributed by atoms with Gasteiger partial charge >= 0.3 is 6.09 Å². The van der Waals surface area contributed by atoms with Gasteiger partial charge in [-0.3, -0.25) is 4.68 Å². The normalized spacial score (nSPS) is 24.9. The van der Waals surface area contributed by atoms with E-state index in [-0.39, 0.29) is 29.3 Å². The van der Waals surface area contributed by atoms with Crippen molar-refractivity contribution in [3.63, 3.8) is 0 Å². The van der Waals surface area contributed by atoms with Crippen LogP contribution in [0, 0.1) is 19.3 Å². The molecule has 1 aliphatic carbocycles. The maximum absolute atomic E-state index is 12.7. The summed E-state index contributed by atoms with van der Waals surface area (Å²) in [5.41, 5.74) is 4.50. The van der Waals surface area contributed by atoms with Gasteiger partial charge in [-0.2, -0.15) is 10.2 Å². The smallest absolute Gasteiger partial charge is 0.410 e. The predicted octanol–water partition coefficient (Wildman–Crippen LogP) is 6.26. The van der Waals surface area contributed by atoms with Crippen LogP contribution in [0.5, 0.6) is 0 Å². The highest BCUT2D eigenvalue weighted by atomic mass is 35.5. The number of anilines is 1. The molecule has 256 valence electrons. The number of hydrogen-bond donors (Lipinski definition) is 1. The molecular formula is C35H50ClN7O4. The van der Waals surface area contributed by atoms with Gasteiger partial charge in [0.25, 0.3) is 0 Å². The van der Waals surface area contributed by atoms with Gasteiger partial charge in [-0.15, -0.1) is 0 Å². The Balaban J connectivity index is 1.28. The van der Waals surface area contributed by atoms with Gasteiger partial charge in [-0.05, 0) is 85.3 Å². The summed E-state index contributed by atoms with van der Waals surface area (Å²) in [6, 6.07) is 2.38. The fraction of sp³-hybridized carbons (Fsp3) is 0.686. The summed E-state index contributed by atoms with van der Waals surface area (Å²) < 4.78 is 21.9.